The van der Waals surface area contributed by atoms with Gasteiger partial charge in [0.25, 0.3) is 5.69 Å². The monoisotopic (exact) mass is 245 g/mol. The zero-order valence-electron chi connectivity index (χ0n) is 10.3. The molecule has 0 N–H and O–H groups in total. The summed E-state index contributed by atoms with van der Waals surface area (Å²) < 4.78 is 0. The van der Waals surface area contributed by atoms with E-state index in [9.17, 15) is 10.1 Å². The quantitative estimate of drug-likeness (QED) is 0.590. The highest BCUT2D eigenvalue weighted by Gasteiger charge is 2.25. The summed E-state index contributed by atoms with van der Waals surface area (Å²) in [5.74, 6) is 0.722. The molecule has 0 aliphatic heterocycles. The van der Waals surface area contributed by atoms with Crippen molar-refractivity contribution in [3.8, 4) is 6.07 Å². The van der Waals surface area contributed by atoms with Crippen molar-refractivity contribution in [3.63, 3.8) is 0 Å². The van der Waals surface area contributed by atoms with E-state index in [1.807, 2.05) is 13.0 Å². The highest BCUT2D eigenvalue weighted by molar-refractivity contribution is 5.60. The number of hydrogen-bond acceptors (Lipinski definition) is 4. The molecule has 1 aromatic rings. The van der Waals surface area contributed by atoms with Gasteiger partial charge in [-0.1, -0.05) is 0 Å². The number of hydrogen-bond donors (Lipinski definition) is 0. The van der Waals surface area contributed by atoms with Crippen molar-refractivity contribution in [2.75, 3.05) is 18.0 Å². The van der Waals surface area contributed by atoms with Crippen LogP contribution in [0, 0.1) is 27.4 Å². The number of anilines is 1. The van der Waals surface area contributed by atoms with Gasteiger partial charge in [-0.2, -0.15) is 5.26 Å². The number of nitro groups is 1. The van der Waals surface area contributed by atoms with E-state index in [0.29, 0.717) is 0 Å². The lowest BCUT2D eigenvalue weighted by Crippen LogP contribution is -2.25. The summed E-state index contributed by atoms with van der Waals surface area (Å²) in [4.78, 5) is 12.6. The molecule has 1 aliphatic carbocycles. The number of rotatable bonds is 5. The van der Waals surface area contributed by atoms with Crippen LogP contribution in [0.3, 0.4) is 0 Å². The van der Waals surface area contributed by atoms with E-state index in [1.165, 1.54) is 25.0 Å². The van der Waals surface area contributed by atoms with Gasteiger partial charge < -0.3 is 4.90 Å². The molecule has 1 aliphatic rings. The first-order valence-electron chi connectivity index (χ1n) is 6.09. The fourth-order valence-corrected chi connectivity index (χ4v) is 1.99. The van der Waals surface area contributed by atoms with Crippen LogP contribution in [0.25, 0.3) is 0 Å². The van der Waals surface area contributed by atoms with Crippen molar-refractivity contribution in [1.82, 2.24) is 0 Å². The molecular weight excluding hydrogens is 230 g/mol. The molecule has 94 valence electrons. The van der Waals surface area contributed by atoms with Gasteiger partial charge in [0, 0.05) is 24.8 Å². The van der Waals surface area contributed by atoms with Crippen LogP contribution < -0.4 is 4.90 Å². The normalized spacial score (nSPS) is 14.0. The Balaban J connectivity index is 2.29. The Labute approximate surface area is 106 Å². The predicted octanol–water partition coefficient (Wildman–Crippen LogP) is 2.70. The maximum atomic E-state index is 10.9. The van der Waals surface area contributed by atoms with E-state index in [0.717, 1.165) is 24.7 Å². The van der Waals surface area contributed by atoms with Crippen molar-refractivity contribution in [2.24, 2.45) is 5.92 Å². The molecular formula is C13H15N3O2. The zero-order chi connectivity index (χ0) is 13.1. The first kappa shape index (κ1) is 12.4. The van der Waals surface area contributed by atoms with E-state index in [4.69, 9.17) is 5.26 Å². The summed E-state index contributed by atoms with van der Waals surface area (Å²) in [6.45, 7) is 3.80. The molecule has 18 heavy (non-hydrogen) atoms. The molecule has 5 nitrogen and oxygen atoms in total. The molecule has 0 bridgehead atoms. The second-order valence-corrected chi connectivity index (χ2v) is 4.55. The first-order chi connectivity index (χ1) is 8.65. The lowest BCUT2D eigenvalue weighted by molar-refractivity contribution is -0.385. The molecule has 0 radical (unpaired) electrons. The Morgan fingerprint density at radius 2 is 2.28 bits per heavy atom. The van der Waals surface area contributed by atoms with Crippen LogP contribution in [0.2, 0.25) is 0 Å². The van der Waals surface area contributed by atoms with E-state index in [1.54, 1.807) is 6.07 Å². The van der Waals surface area contributed by atoms with Gasteiger partial charge in [-0.3, -0.25) is 10.1 Å². The fourth-order valence-electron chi connectivity index (χ4n) is 1.99. The van der Waals surface area contributed by atoms with E-state index < -0.39 is 4.92 Å². The summed E-state index contributed by atoms with van der Waals surface area (Å²) in [5.41, 5.74) is 0.838. The molecule has 0 atom stereocenters. The molecule has 0 saturated heterocycles. The van der Waals surface area contributed by atoms with Gasteiger partial charge >= 0.3 is 0 Å². The third-order valence-electron chi connectivity index (χ3n) is 3.22. The summed E-state index contributed by atoms with van der Waals surface area (Å²) in [6.07, 6.45) is 2.49. The first-order valence-corrected chi connectivity index (χ1v) is 6.09. The van der Waals surface area contributed by atoms with Gasteiger partial charge in [-0.15, -0.1) is 0 Å². The third kappa shape index (κ3) is 2.59. The summed E-state index contributed by atoms with van der Waals surface area (Å²) in [5, 5.41) is 19.8. The van der Waals surface area contributed by atoms with E-state index in [2.05, 4.69) is 4.90 Å². The molecule has 5 heteroatoms. The third-order valence-corrected chi connectivity index (χ3v) is 3.22. The lowest BCUT2D eigenvalue weighted by atomic mass is 10.1. The molecule has 0 unspecified atom stereocenters. The maximum absolute atomic E-state index is 10.9. The number of nitriles is 1. The maximum Gasteiger partial charge on any atom is 0.289 e. The minimum absolute atomic E-state index is 0.107. The topological polar surface area (TPSA) is 70.2 Å². The van der Waals surface area contributed by atoms with Crippen molar-refractivity contribution in [3.05, 3.63) is 33.9 Å². The Morgan fingerprint density at radius 1 is 1.56 bits per heavy atom. The summed E-state index contributed by atoms with van der Waals surface area (Å²) in [6, 6.07) is 6.68. The average molecular weight is 245 g/mol. The van der Waals surface area contributed by atoms with Crippen LogP contribution in [-0.4, -0.2) is 18.0 Å². The van der Waals surface area contributed by atoms with Crippen molar-refractivity contribution >= 4 is 11.4 Å². The van der Waals surface area contributed by atoms with Crippen LogP contribution in [0.4, 0.5) is 11.4 Å². The number of nitro benzene ring substituents is 1. The number of nitrogens with zero attached hydrogens (tertiary/aromatic N) is 3. The highest BCUT2D eigenvalue weighted by Crippen LogP contribution is 2.32. The van der Waals surface area contributed by atoms with Gasteiger partial charge in [0.15, 0.2) is 0 Å². The summed E-state index contributed by atoms with van der Waals surface area (Å²) >= 11 is 0. The van der Waals surface area contributed by atoms with Crippen molar-refractivity contribution < 1.29 is 4.92 Å². The molecule has 0 heterocycles. The van der Waals surface area contributed by atoms with Gasteiger partial charge in [0.2, 0.25) is 0 Å². The molecule has 0 spiro atoms. The predicted molar refractivity (Wildman–Crippen MR) is 68.4 cm³/mol. The Bertz CT molecular complexity index is 503. The summed E-state index contributed by atoms with van der Waals surface area (Å²) in [7, 11) is 0. The lowest BCUT2D eigenvalue weighted by Gasteiger charge is -2.22. The van der Waals surface area contributed by atoms with Gasteiger partial charge in [0.05, 0.1) is 4.92 Å². The molecule has 2 rings (SSSR count). The van der Waals surface area contributed by atoms with Gasteiger partial charge in [-0.25, -0.2) is 0 Å². The molecule has 1 fully saturated rings. The van der Waals surface area contributed by atoms with Gasteiger partial charge in [0.1, 0.15) is 11.6 Å². The zero-order valence-corrected chi connectivity index (χ0v) is 10.3. The highest BCUT2D eigenvalue weighted by atomic mass is 16.6. The van der Waals surface area contributed by atoms with Crippen LogP contribution in [-0.2, 0) is 0 Å². The minimum atomic E-state index is -0.493. The molecule has 0 aromatic heterocycles. The van der Waals surface area contributed by atoms with Crippen molar-refractivity contribution in [2.45, 2.75) is 19.8 Å². The Hall–Kier alpha value is -2.09. The standard InChI is InChI=1S/C13H15N3O2/c1-2-15(9-10-3-4-10)12-6-5-11(8-14)13(7-12)16(17)18/h5-7,10H,2-4,9H2,1H3. The van der Waals surface area contributed by atoms with E-state index in [-0.39, 0.29) is 11.3 Å². The SMILES string of the molecule is CCN(CC1CC1)c1ccc(C#N)c([N+](=O)[O-])c1. The Kier molecular flexibility index (Phi) is 3.47. The minimum Gasteiger partial charge on any atom is -0.371 e. The van der Waals surface area contributed by atoms with Crippen LogP contribution in [0.5, 0.6) is 0 Å². The van der Waals surface area contributed by atoms with Gasteiger partial charge in [-0.05, 0) is 37.8 Å². The second kappa shape index (κ2) is 5.05. The second-order valence-electron chi connectivity index (χ2n) is 4.55. The Morgan fingerprint density at radius 3 is 2.78 bits per heavy atom. The van der Waals surface area contributed by atoms with Crippen LogP contribution in [0.1, 0.15) is 25.3 Å². The molecule has 1 saturated carbocycles. The molecule has 0 amide bonds. The smallest absolute Gasteiger partial charge is 0.289 e. The number of benzene rings is 1. The van der Waals surface area contributed by atoms with Crippen LogP contribution in [0.15, 0.2) is 18.2 Å². The molecule has 1 aromatic carbocycles. The largest absolute Gasteiger partial charge is 0.371 e. The fraction of sp³-hybridized carbons (Fsp3) is 0.462. The average Bonchev–Trinajstić information content (AvgIpc) is 3.19. The van der Waals surface area contributed by atoms with Crippen LogP contribution >= 0.6 is 0 Å². The van der Waals surface area contributed by atoms with E-state index >= 15 is 0 Å². The van der Waals surface area contributed by atoms with Crippen molar-refractivity contribution in [1.29, 1.82) is 5.26 Å².